The molecule has 0 radical (unpaired) electrons. The molecule has 0 aliphatic carbocycles. The van der Waals surface area contributed by atoms with Crippen LogP contribution in [0, 0.1) is 0 Å². The van der Waals surface area contributed by atoms with Crippen molar-refractivity contribution in [2.75, 3.05) is 16.4 Å². The molecule has 0 unspecified atom stereocenters. The first-order valence-electron chi connectivity index (χ1n) is 9.03. The van der Waals surface area contributed by atoms with Gasteiger partial charge in [0, 0.05) is 33.5 Å². The molecule has 3 aromatic carbocycles. The second-order valence-corrected chi connectivity index (χ2v) is 8.76. The molecule has 0 saturated carbocycles. The van der Waals surface area contributed by atoms with Crippen molar-refractivity contribution in [2.24, 2.45) is 0 Å². The minimum Gasteiger partial charge on any atom is -0.310 e. The van der Waals surface area contributed by atoms with Crippen LogP contribution in [0.25, 0.3) is 0 Å². The van der Waals surface area contributed by atoms with Gasteiger partial charge >= 0.3 is 0 Å². The Kier molecular flexibility index (Phi) is 5.07. The summed E-state index contributed by atoms with van der Waals surface area (Å²) in [5, 5.41) is 0. The number of rotatable bonds is 5. The Morgan fingerprint density at radius 3 is 1.81 bits per heavy atom. The third-order valence-electron chi connectivity index (χ3n) is 4.76. The Bertz CT molecular complexity index is 853. The largest absolute Gasteiger partial charge is 0.310 e. The second kappa shape index (κ2) is 7.79. The van der Waals surface area contributed by atoms with Crippen molar-refractivity contribution < 1.29 is 4.79 Å². The van der Waals surface area contributed by atoms with Crippen LogP contribution in [0.4, 0.5) is 17.1 Å². The fourth-order valence-electron chi connectivity index (χ4n) is 3.40. The van der Waals surface area contributed by atoms with Crippen LogP contribution in [0.1, 0.15) is 23.2 Å². The van der Waals surface area contributed by atoms with Gasteiger partial charge in [0.1, 0.15) is 17.8 Å². The molecule has 1 fully saturated rings. The molecule has 3 aromatic rings. The molecule has 130 valence electrons. The molecule has 1 saturated heterocycles. The maximum atomic E-state index is 11.0. The normalized spacial score (nSPS) is 14.3. The first-order chi connectivity index (χ1) is 12.8. The van der Waals surface area contributed by atoms with Crippen LogP contribution in [-0.2, 0) is 10.9 Å². The lowest BCUT2D eigenvalue weighted by Gasteiger charge is -2.25. The zero-order valence-corrected chi connectivity index (χ0v) is 15.5. The Hall–Kier alpha value is -2.52. The number of anilines is 3. The Morgan fingerprint density at radius 1 is 0.692 bits per heavy atom. The standard InChI is InChI=1S/C23H22NOS/c25-18-19-8-10-21(11-9-19)24(20-6-2-1-3-7-20)22-12-14-23(15-13-22)26-16-4-5-17-26/h1-3,6-15,18H,4-5,16-17H2/q+1. The van der Waals surface area contributed by atoms with Crippen LogP contribution in [0.2, 0.25) is 0 Å². The highest BCUT2D eigenvalue weighted by molar-refractivity contribution is 7.97. The van der Waals surface area contributed by atoms with E-state index in [2.05, 4.69) is 53.4 Å². The van der Waals surface area contributed by atoms with E-state index in [0.717, 1.165) is 23.3 Å². The Morgan fingerprint density at radius 2 is 1.23 bits per heavy atom. The molecule has 0 N–H and O–H groups in total. The molecule has 0 spiro atoms. The van der Waals surface area contributed by atoms with Gasteiger partial charge in [-0.05, 0) is 73.5 Å². The molecular formula is C23H22NOS+. The smallest absolute Gasteiger partial charge is 0.155 e. The second-order valence-electron chi connectivity index (χ2n) is 6.48. The lowest BCUT2D eigenvalue weighted by atomic mass is 10.1. The molecule has 4 rings (SSSR count). The first kappa shape index (κ1) is 16.9. The van der Waals surface area contributed by atoms with Crippen molar-refractivity contribution in [3.8, 4) is 0 Å². The molecule has 1 aliphatic rings. The summed E-state index contributed by atoms with van der Waals surface area (Å²) in [5.74, 6) is 2.68. The minimum atomic E-state index is 0.437. The molecule has 0 aromatic heterocycles. The summed E-state index contributed by atoms with van der Waals surface area (Å²) >= 11 is 0. The summed E-state index contributed by atoms with van der Waals surface area (Å²) in [6.45, 7) is 0. The number of nitrogens with zero attached hydrogens (tertiary/aromatic N) is 1. The van der Waals surface area contributed by atoms with Crippen molar-refractivity contribution in [1.82, 2.24) is 0 Å². The molecule has 0 amide bonds. The highest BCUT2D eigenvalue weighted by Gasteiger charge is 2.26. The number of carbonyl (C=O) groups is 1. The third kappa shape index (κ3) is 3.54. The van der Waals surface area contributed by atoms with E-state index in [1.165, 1.54) is 29.2 Å². The van der Waals surface area contributed by atoms with Crippen molar-refractivity contribution in [2.45, 2.75) is 17.7 Å². The maximum Gasteiger partial charge on any atom is 0.155 e. The van der Waals surface area contributed by atoms with Gasteiger partial charge in [0.15, 0.2) is 4.90 Å². The maximum absolute atomic E-state index is 11.0. The summed E-state index contributed by atoms with van der Waals surface area (Å²) < 4.78 is 0. The van der Waals surface area contributed by atoms with Gasteiger partial charge in [-0.25, -0.2) is 0 Å². The van der Waals surface area contributed by atoms with Gasteiger partial charge in [0.2, 0.25) is 0 Å². The van der Waals surface area contributed by atoms with Gasteiger partial charge < -0.3 is 4.90 Å². The van der Waals surface area contributed by atoms with Crippen molar-refractivity contribution >= 4 is 34.2 Å². The van der Waals surface area contributed by atoms with Gasteiger partial charge in [0.05, 0.1) is 0 Å². The Balaban J connectivity index is 1.71. The first-order valence-corrected chi connectivity index (χ1v) is 10.6. The molecule has 0 atom stereocenters. The van der Waals surface area contributed by atoms with Crippen LogP contribution >= 0.6 is 0 Å². The van der Waals surface area contributed by atoms with E-state index < -0.39 is 0 Å². The molecule has 1 heterocycles. The molecule has 3 heteroatoms. The van der Waals surface area contributed by atoms with Crippen LogP contribution in [0.3, 0.4) is 0 Å². The monoisotopic (exact) mass is 360 g/mol. The van der Waals surface area contributed by atoms with Crippen LogP contribution in [0.5, 0.6) is 0 Å². The molecular weight excluding hydrogens is 338 g/mol. The molecule has 2 nitrogen and oxygen atoms in total. The van der Waals surface area contributed by atoms with Gasteiger partial charge in [0.25, 0.3) is 0 Å². The van der Waals surface area contributed by atoms with Crippen molar-refractivity contribution in [3.63, 3.8) is 0 Å². The van der Waals surface area contributed by atoms with Gasteiger partial charge in [-0.15, -0.1) is 0 Å². The van der Waals surface area contributed by atoms with Gasteiger partial charge in [-0.2, -0.15) is 0 Å². The summed E-state index contributed by atoms with van der Waals surface area (Å²) in [5.41, 5.74) is 4.00. The van der Waals surface area contributed by atoms with Crippen molar-refractivity contribution in [1.29, 1.82) is 0 Å². The zero-order chi connectivity index (χ0) is 17.8. The third-order valence-corrected chi connectivity index (χ3v) is 7.26. The van der Waals surface area contributed by atoms with E-state index >= 15 is 0 Å². The highest BCUT2D eigenvalue weighted by atomic mass is 32.2. The van der Waals surface area contributed by atoms with E-state index in [1.54, 1.807) is 0 Å². The van der Waals surface area contributed by atoms with E-state index in [-0.39, 0.29) is 0 Å². The number of benzene rings is 3. The molecule has 26 heavy (non-hydrogen) atoms. The summed E-state index contributed by atoms with van der Waals surface area (Å²) in [7, 11) is 0.437. The average molecular weight is 361 g/mol. The van der Waals surface area contributed by atoms with Gasteiger partial charge in [-0.1, -0.05) is 18.2 Å². The predicted molar refractivity (Wildman–Crippen MR) is 111 cm³/mol. The molecule has 0 bridgehead atoms. The van der Waals surface area contributed by atoms with E-state index in [1.807, 2.05) is 30.3 Å². The minimum absolute atomic E-state index is 0.437. The lowest BCUT2D eigenvalue weighted by molar-refractivity contribution is 0.112. The number of para-hydroxylation sites is 1. The van der Waals surface area contributed by atoms with E-state index in [9.17, 15) is 4.79 Å². The lowest BCUT2D eigenvalue weighted by Crippen LogP contribution is -2.10. The van der Waals surface area contributed by atoms with Crippen LogP contribution < -0.4 is 4.90 Å². The van der Waals surface area contributed by atoms with Gasteiger partial charge in [-0.3, -0.25) is 4.79 Å². The van der Waals surface area contributed by atoms with Crippen molar-refractivity contribution in [3.05, 3.63) is 84.4 Å². The SMILES string of the molecule is O=Cc1ccc(N(c2ccccc2)c2ccc([S+]3CCCC3)cc2)cc1. The number of carbonyl (C=O) groups excluding carboxylic acids is 1. The average Bonchev–Trinajstić information content (AvgIpc) is 3.25. The molecule has 1 aliphatic heterocycles. The highest BCUT2D eigenvalue weighted by Crippen LogP contribution is 2.35. The number of aldehydes is 1. The summed E-state index contributed by atoms with van der Waals surface area (Å²) in [6, 6.07) is 27.1. The Labute approximate surface area is 157 Å². The fourth-order valence-corrected chi connectivity index (χ4v) is 5.71. The number of hydrogen-bond acceptors (Lipinski definition) is 2. The summed E-state index contributed by atoms with van der Waals surface area (Å²) in [6.07, 6.45) is 3.61. The predicted octanol–water partition coefficient (Wildman–Crippen LogP) is 5.74. The fraction of sp³-hybridized carbons (Fsp3) is 0.174. The van der Waals surface area contributed by atoms with Crippen LogP contribution in [-0.4, -0.2) is 17.8 Å². The van der Waals surface area contributed by atoms with Crippen LogP contribution in [0.15, 0.2) is 83.8 Å². The summed E-state index contributed by atoms with van der Waals surface area (Å²) in [4.78, 5) is 14.7. The number of hydrogen-bond donors (Lipinski definition) is 0. The van der Waals surface area contributed by atoms with E-state index in [4.69, 9.17) is 0 Å². The van der Waals surface area contributed by atoms with E-state index in [0.29, 0.717) is 16.5 Å². The zero-order valence-electron chi connectivity index (χ0n) is 14.7. The topological polar surface area (TPSA) is 20.3 Å². The quantitative estimate of drug-likeness (QED) is 0.427.